The Morgan fingerprint density at radius 2 is 1.94 bits per heavy atom. The maximum absolute atomic E-state index is 11.9. The Kier molecular flexibility index (Phi) is 5.70. The average molecular weight is 249 g/mol. The molecule has 0 aliphatic heterocycles. The van der Waals surface area contributed by atoms with E-state index in [0.29, 0.717) is 5.56 Å². The van der Waals surface area contributed by atoms with E-state index in [0.717, 1.165) is 18.7 Å². The number of carbonyl (C=O) groups is 2. The van der Waals surface area contributed by atoms with Gasteiger partial charge < -0.3 is 16.4 Å². The van der Waals surface area contributed by atoms with E-state index in [2.05, 4.69) is 17.6 Å². The molecule has 0 aromatic heterocycles. The Morgan fingerprint density at radius 1 is 1.22 bits per heavy atom. The van der Waals surface area contributed by atoms with E-state index in [1.807, 2.05) is 12.1 Å². The van der Waals surface area contributed by atoms with Gasteiger partial charge in [0.05, 0.1) is 5.56 Å². The van der Waals surface area contributed by atoms with E-state index < -0.39 is 5.91 Å². The first-order valence-corrected chi connectivity index (χ1v) is 6.04. The molecular weight excluding hydrogens is 230 g/mol. The molecule has 0 radical (unpaired) electrons. The Labute approximate surface area is 107 Å². The number of para-hydroxylation sites is 1. The van der Waals surface area contributed by atoms with Crippen molar-refractivity contribution in [2.45, 2.75) is 19.8 Å². The quantitative estimate of drug-likeness (QED) is 0.677. The van der Waals surface area contributed by atoms with Crippen LogP contribution >= 0.6 is 0 Å². The van der Waals surface area contributed by atoms with Gasteiger partial charge in [0.15, 0.2) is 0 Å². The molecule has 0 saturated heterocycles. The van der Waals surface area contributed by atoms with E-state index in [-0.39, 0.29) is 18.9 Å². The molecule has 1 aromatic carbocycles. The van der Waals surface area contributed by atoms with Gasteiger partial charge in [0.1, 0.15) is 0 Å². The summed E-state index contributed by atoms with van der Waals surface area (Å²) in [6.45, 7) is 3.13. The molecule has 0 aliphatic rings. The minimum absolute atomic E-state index is 0.149. The standard InChI is InChI=1S/C13H19N3O2/c1-2-8-15-11-6-4-3-5-10(11)13(18)16-9-7-12(14)17/h3-6,15H,2,7-9H2,1H3,(H2,14,17)(H,16,18). The maximum atomic E-state index is 11.9. The van der Waals surface area contributed by atoms with Gasteiger partial charge in [-0.25, -0.2) is 0 Å². The second-order valence-electron chi connectivity index (χ2n) is 3.94. The van der Waals surface area contributed by atoms with E-state index >= 15 is 0 Å². The maximum Gasteiger partial charge on any atom is 0.253 e. The third kappa shape index (κ3) is 4.45. The summed E-state index contributed by atoms with van der Waals surface area (Å²) >= 11 is 0. The number of carbonyl (C=O) groups excluding carboxylic acids is 2. The van der Waals surface area contributed by atoms with Gasteiger partial charge in [-0.05, 0) is 18.6 Å². The van der Waals surface area contributed by atoms with Gasteiger partial charge in [-0.2, -0.15) is 0 Å². The fraction of sp³-hybridized carbons (Fsp3) is 0.385. The fourth-order valence-corrected chi connectivity index (χ4v) is 1.49. The molecule has 4 N–H and O–H groups in total. The lowest BCUT2D eigenvalue weighted by molar-refractivity contribution is -0.117. The van der Waals surface area contributed by atoms with Crippen LogP contribution in [0.5, 0.6) is 0 Å². The molecule has 0 fully saturated rings. The Hall–Kier alpha value is -2.04. The van der Waals surface area contributed by atoms with Crippen LogP contribution in [0.25, 0.3) is 0 Å². The van der Waals surface area contributed by atoms with Crippen LogP contribution in [0, 0.1) is 0 Å². The second-order valence-corrected chi connectivity index (χ2v) is 3.94. The zero-order chi connectivity index (χ0) is 13.4. The SMILES string of the molecule is CCCNc1ccccc1C(=O)NCCC(N)=O. The third-order valence-corrected chi connectivity index (χ3v) is 2.39. The minimum Gasteiger partial charge on any atom is -0.384 e. The number of amides is 2. The summed E-state index contributed by atoms with van der Waals surface area (Å²) in [5.41, 5.74) is 6.39. The van der Waals surface area contributed by atoms with Crippen LogP contribution in [-0.4, -0.2) is 24.9 Å². The summed E-state index contributed by atoms with van der Waals surface area (Å²) in [7, 11) is 0. The van der Waals surface area contributed by atoms with Gasteiger partial charge in [-0.1, -0.05) is 19.1 Å². The van der Waals surface area contributed by atoms with Gasteiger partial charge in [-0.3, -0.25) is 9.59 Å². The summed E-state index contributed by atoms with van der Waals surface area (Å²) in [5.74, 6) is -0.622. The van der Waals surface area contributed by atoms with Crippen molar-refractivity contribution in [3.05, 3.63) is 29.8 Å². The molecule has 2 amide bonds. The molecule has 0 saturated carbocycles. The van der Waals surface area contributed by atoms with Crippen molar-refractivity contribution >= 4 is 17.5 Å². The number of hydrogen-bond acceptors (Lipinski definition) is 3. The largest absolute Gasteiger partial charge is 0.384 e. The molecule has 0 aliphatic carbocycles. The van der Waals surface area contributed by atoms with Crippen LogP contribution in [0.15, 0.2) is 24.3 Å². The van der Waals surface area contributed by atoms with Crippen molar-refractivity contribution < 1.29 is 9.59 Å². The van der Waals surface area contributed by atoms with Gasteiger partial charge in [-0.15, -0.1) is 0 Å². The highest BCUT2D eigenvalue weighted by Crippen LogP contribution is 2.14. The summed E-state index contributed by atoms with van der Waals surface area (Å²) in [4.78, 5) is 22.5. The lowest BCUT2D eigenvalue weighted by atomic mass is 10.1. The normalized spacial score (nSPS) is 9.83. The summed E-state index contributed by atoms with van der Waals surface area (Å²) in [5, 5.41) is 5.86. The first kappa shape index (κ1) is 14.0. The first-order valence-electron chi connectivity index (χ1n) is 6.04. The van der Waals surface area contributed by atoms with Crippen molar-refractivity contribution in [2.75, 3.05) is 18.4 Å². The van der Waals surface area contributed by atoms with Gasteiger partial charge >= 0.3 is 0 Å². The summed E-state index contributed by atoms with van der Waals surface area (Å²) in [6.07, 6.45) is 1.13. The number of rotatable bonds is 7. The van der Waals surface area contributed by atoms with E-state index in [1.54, 1.807) is 12.1 Å². The van der Waals surface area contributed by atoms with Crippen LogP contribution in [0.4, 0.5) is 5.69 Å². The number of nitrogens with one attached hydrogen (secondary N) is 2. The van der Waals surface area contributed by atoms with Crippen molar-refractivity contribution in [3.63, 3.8) is 0 Å². The van der Waals surface area contributed by atoms with Crippen LogP contribution in [0.1, 0.15) is 30.1 Å². The predicted octanol–water partition coefficient (Wildman–Crippen LogP) is 1.11. The average Bonchev–Trinajstić information content (AvgIpc) is 2.36. The minimum atomic E-state index is -0.423. The number of benzene rings is 1. The van der Waals surface area contributed by atoms with Crippen molar-refractivity contribution in [2.24, 2.45) is 5.73 Å². The van der Waals surface area contributed by atoms with Crippen molar-refractivity contribution in [1.82, 2.24) is 5.32 Å². The lowest BCUT2D eigenvalue weighted by Crippen LogP contribution is -2.28. The molecule has 98 valence electrons. The number of hydrogen-bond donors (Lipinski definition) is 3. The van der Waals surface area contributed by atoms with E-state index in [4.69, 9.17) is 5.73 Å². The van der Waals surface area contributed by atoms with Gasteiger partial charge in [0.25, 0.3) is 5.91 Å². The topological polar surface area (TPSA) is 84.2 Å². The summed E-state index contributed by atoms with van der Waals surface area (Å²) in [6, 6.07) is 7.29. The van der Waals surface area contributed by atoms with Gasteiger partial charge in [0, 0.05) is 25.2 Å². The second kappa shape index (κ2) is 7.32. The zero-order valence-electron chi connectivity index (χ0n) is 10.5. The fourth-order valence-electron chi connectivity index (χ4n) is 1.49. The molecule has 0 heterocycles. The Balaban J connectivity index is 2.63. The van der Waals surface area contributed by atoms with Crippen LogP contribution < -0.4 is 16.4 Å². The predicted molar refractivity (Wildman–Crippen MR) is 71.4 cm³/mol. The van der Waals surface area contributed by atoms with Crippen LogP contribution in [0.3, 0.4) is 0 Å². The van der Waals surface area contributed by atoms with Crippen LogP contribution in [-0.2, 0) is 4.79 Å². The Morgan fingerprint density at radius 3 is 2.61 bits per heavy atom. The number of nitrogens with two attached hydrogens (primary N) is 1. The highest BCUT2D eigenvalue weighted by atomic mass is 16.2. The van der Waals surface area contributed by atoms with Gasteiger partial charge in [0.2, 0.25) is 5.91 Å². The lowest BCUT2D eigenvalue weighted by Gasteiger charge is -2.11. The molecule has 5 heteroatoms. The number of primary amides is 1. The first-order chi connectivity index (χ1) is 8.65. The molecule has 18 heavy (non-hydrogen) atoms. The van der Waals surface area contributed by atoms with Crippen molar-refractivity contribution in [3.8, 4) is 0 Å². The van der Waals surface area contributed by atoms with E-state index in [9.17, 15) is 9.59 Å². The third-order valence-electron chi connectivity index (χ3n) is 2.39. The highest BCUT2D eigenvalue weighted by molar-refractivity contribution is 5.99. The monoisotopic (exact) mass is 249 g/mol. The van der Waals surface area contributed by atoms with Crippen LogP contribution in [0.2, 0.25) is 0 Å². The zero-order valence-corrected chi connectivity index (χ0v) is 10.5. The van der Waals surface area contributed by atoms with E-state index in [1.165, 1.54) is 0 Å². The Bertz CT molecular complexity index is 418. The molecule has 0 spiro atoms. The molecule has 0 atom stereocenters. The smallest absolute Gasteiger partial charge is 0.253 e. The van der Waals surface area contributed by atoms with Crippen molar-refractivity contribution in [1.29, 1.82) is 0 Å². The number of anilines is 1. The molecular formula is C13H19N3O2. The molecule has 1 rings (SSSR count). The molecule has 0 bridgehead atoms. The summed E-state index contributed by atoms with van der Waals surface area (Å²) < 4.78 is 0. The highest BCUT2D eigenvalue weighted by Gasteiger charge is 2.09. The molecule has 1 aromatic rings. The molecule has 0 unspecified atom stereocenters. The molecule has 5 nitrogen and oxygen atoms in total.